The predicted molar refractivity (Wildman–Crippen MR) is 60.3 cm³/mol. The molecule has 0 amide bonds. The third kappa shape index (κ3) is 6.39. The highest BCUT2D eigenvalue weighted by Gasteiger charge is 2.22. The van der Waals surface area contributed by atoms with Crippen LogP contribution in [0.1, 0.15) is 53.4 Å². The highest BCUT2D eigenvalue weighted by Crippen LogP contribution is 2.23. The highest BCUT2D eigenvalue weighted by atomic mass is 16.7. The SMILES string of the molecule is CCC(C)(CCCC(C)C)OCOC. The fraction of sp³-hybridized carbons (Fsp3) is 1.00. The van der Waals surface area contributed by atoms with Crippen LogP contribution in [0, 0.1) is 5.92 Å². The molecule has 0 N–H and O–H groups in total. The zero-order chi connectivity index (χ0) is 11.0. The van der Waals surface area contributed by atoms with E-state index in [-0.39, 0.29) is 5.60 Å². The Bertz CT molecular complexity index is 134. The average Bonchev–Trinajstić information content (AvgIpc) is 2.14. The first-order chi connectivity index (χ1) is 6.54. The molecule has 0 aromatic rings. The Morgan fingerprint density at radius 3 is 2.36 bits per heavy atom. The lowest BCUT2D eigenvalue weighted by atomic mass is 9.93. The third-order valence-corrected chi connectivity index (χ3v) is 2.76. The van der Waals surface area contributed by atoms with Crippen molar-refractivity contribution in [1.82, 2.24) is 0 Å². The van der Waals surface area contributed by atoms with Gasteiger partial charge in [0.25, 0.3) is 0 Å². The van der Waals surface area contributed by atoms with Gasteiger partial charge in [0.15, 0.2) is 0 Å². The lowest BCUT2D eigenvalue weighted by Crippen LogP contribution is -2.28. The van der Waals surface area contributed by atoms with E-state index in [1.807, 2.05) is 0 Å². The van der Waals surface area contributed by atoms with E-state index in [4.69, 9.17) is 9.47 Å². The van der Waals surface area contributed by atoms with Gasteiger partial charge < -0.3 is 9.47 Å². The minimum Gasteiger partial charge on any atom is -0.359 e. The summed E-state index contributed by atoms with van der Waals surface area (Å²) in [6.07, 6.45) is 4.71. The van der Waals surface area contributed by atoms with Crippen LogP contribution in [0.3, 0.4) is 0 Å². The Hall–Kier alpha value is -0.0800. The van der Waals surface area contributed by atoms with Crippen molar-refractivity contribution in [2.45, 2.75) is 59.0 Å². The van der Waals surface area contributed by atoms with E-state index in [0.29, 0.717) is 6.79 Å². The number of rotatable bonds is 8. The largest absolute Gasteiger partial charge is 0.359 e. The van der Waals surface area contributed by atoms with Crippen molar-refractivity contribution in [3.05, 3.63) is 0 Å². The number of ether oxygens (including phenoxy) is 2. The molecule has 0 aliphatic carbocycles. The summed E-state index contributed by atoms with van der Waals surface area (Å²) in [6.45, 7) is 9.28. The second kappa shape index (κ2) is 7.24. The molecule has 1 unspecified atom stereocenters. The van der Waals surface area contributed by atoms with Crippen LogP contribution in [-0.2, 0) is 9.47 Å². The van der Waals surface area contributed by atoms with Gasteiger partial charge in [-0.1, -0.05) is 33.6 Å². The Morgan fingerprint density at radius 2 is 1.93 bits per heavy atom. The molecule has 0 saturated heterocycles. The minimum absolute atomic E-state index is 0.00486. The van der Waals surface area contributed by atoms with Gasteiger partial charge in [-0.15, -0.1) is 0 Å². The molecule has 1 atom stereocenters. The summed E-state index contributed by atoms with van der Waals surface area (Å²) >= 11 is 0. The Balaban J connectivity index is 3.74. The van der Waals surface area contributed by atoms with Gasteiger partial charge in [-0.3, -0.25) is 0 Å². The van der Waals surface area contributed by atoms with Gasteiger partial charge in [0.05, 0.1) is 5.60 Å². The second-order valence-corrected chi connectivity index (χ2v) is 4.64. The van der Waals surface area contributed by atoms with Gasteiger partial charge in [0.2, 0.25) is 0 Å². The number of methoxy groups -OCH3 is 1. The summed E-state index contributed by atoms with van der Waals surface area (Å²) in [7, 11) is 1.67. The van der Waals surface area contributed by atoms with Gasteiger partial charge in [-0.25, -0.2) is 0 Å². The van der Waals surface area contributed by atoms with E-state index in [9.17, 15) is 0 Å². The minimum atomic E-state index is 0.00486. The molecule has 86 valence electrons. The lowest BCUT2D eigenvalue weighted by Gasteiger charge is -2.28. The quantitative estimate of drug-likeness (QED) is 0.560. The monoisotopic (exact) mass is 202 g/mol. The van der Waals surface area contributed by atoms with Crippen LogP contribution in [-0.4, -0.2) is 19.5 Å². The molecule has 0 heterocycles. The molecular formula is C12H26O2. The molecule has 0 fully saturated rings. The van der Waals surface area contributed by atoms with E-state index < -0.39 is 0 Å². The molecule has 0 aliphatic rings. The maximum absolute atomic E-state index is 5.69. The number of hydrogen-bond acceptors (Lipinski definition) is 2. The molecule has 0 aromatic heterocycles. The van der Waals surface area contributed by atoms with Crippen molar-refractivity contribution >= 4 is 0 Å². The first kappa shape index (κ1) is 13.9. The Labute approximate surface area is 89.0 Å². The maximum atomic E-state index is 5.69. The molecule has 0 saturated carbocycles. The molecule has 0 rings (SSSR count). The van der Waals surface area contributed by atoms with E-state index in [1.165, 1.54) is 12.8 Å². The molecule has 2 nitrogen and oxygen atoms in total. The van der Waals surface area contributed by atoms with Gasteiger partial charge in [0.1, 0.15) is 6.79 Å². The molecule has 0 aromatic carbocycles. The van der Waals surface area contributed by atoms with Crippen LogP contribution in [0.4, 0.5) is 0 Å². The van der Waals surface area contributed by atoms with Crippen LogP contribution in [0.15, 0.2) is 0 Å². The second-order valence-electron chi connectivity index (χ2n) is 4.64. The molecule has 0 spiro atoms. The summed E-state index contributed by atoms with van der Waals surface area (Å²) < 4.78 is 10.6. The Morgan fingerprint density at radius 1 is 1.29 bits per heavy atom. The average molecular weight is 202 g/mol. The molecular weight excluding hydrogens is 176 g/mol. The van der Waals surface area contributed by atoms with E-state index >= 15 is 0 Å². The summed E-state index contributed by atoms with van der Waals surface area (Å²) in [5.74, 6) is 0.790. The van der Waals surface area contributed by atoms with Crippen LogP contribution in [0.25, 0.3) is 0 Å². The van der Waals surface area contributed by atoms with Gasteiger partial charge in [-0.2, -0.15) is 0 Å². The molecule has 2 heteroatoms. The molecule has 14 heavy (non-hydrogen) atoms. The van der Waals surface area contributed by atoms with Crippen molar-refractivity contribution in [1.29, 1.82) is 0 Å². The zero-order valence-electron chi connectivity index (χ0n) is 10.4. The smallest absolute Gasteiger partial charge is 0.147 e. The first-order valence-corrected chi connectivity index (χ1v) is 5.67. The Kier molecular flexibility index (Phi) is 7.20. The van der Waals surface area contributed by atoms with Crippen molar-refractivity contribution in [3.63, 3.8) is 0 Å². The van der Waals surface area contributed by atoms with Crippen molar-refractivity contribution < 1.29 is 9.47 Å². The lowest BCUT2D eigenvalue weighted by molar-refractivity contribution is -0.128. The van der Waals surface area contributed by atoms with Gasteiger partial charge >= 0.3 is 0 Å². The summed E-state index contributed by atoms with van der Waals surface area (Å²) in [4.78, 5) is 0. The van der Waals surface area contributed by atoms with Crippen molar-refractivity contribution in [3.8, 4) is 0 Å². The van der Waals surface area contributed by atoms with Gasteiger partial charge in [-0.05, 0) is 25.7 Å². The van der Waals surface area contributed by atoms with Crippen LogP contribution >= 0.6 is 0 Å². The topological polar surface area (TPSA) is 18.5 Å². The predicted octanol–water partition coefficient (Wildman–Crippen LogP) is 3.60. The summed E-state index contributed by atoms with van der Waals surface area (Å²) in [6, 6.07) is 0. The van der Waals surface area contributed by atoms with E-state index in [0.717, 1.165) is 18.8 Å². The fourth-order valence-electron chi connectivity index (χ4n) is 1.44. The highest BCUT2D eigenvalue weighted by molar-refractivity contribution is 4.72. The first-order valence-electron chi connectivity index (χ1n) is 5.67. The molecule has 0 bridgehead atoms. The molecule has 0 aliphatic heterocycles. The maximum Gasteiger partial charge on any atom is 0.147 e. The standard InChI is InChI=1S/C12H26O2/c1-6-12(4,14-10-13-5)9-7-8-11(2)3/h11H,6-10H2,1-5H3. The van der Waals surface area contributed by atoms with Crippen molar-refractivity contribution in [2.75, 3.05) is 13.9 Å². The fourth-order valence-corrected chi connectivity index (χ4v) is 1.44. The van der Waals surface area contributed by atoms with Crippen molar-refractivity contribution in [2.24, 2.45) is 5.92 Å². The normalized spacial score (nSPS) is 15.9. The van der Waals surface area contributed by atoms with E-state index in [2.05, 4.69) is 27.7 Å². The summed E-state index contributed by atoms with van der Waals surface area (Å²) in [5.41, 5.74) is 0.00486. The summed E-state index contributed by atoms with van der Waals surface area (Å²) in [5, 5.41) is 0. The van der Waals surface area contributed by atoms with E-state index in [1.54, 1.807) is 7.11 Å². The van der Waals surface area contributed by atoms with Gasteiger partial charge in [0, 0.05) is 7.11 Å². The van der Waals surface area contributed by atoms with Crippen LogP contribution in [0.5, 0.6) is 0 Å². The van der Waals surface area contributed by atoms with Crippen LogP contribution in [0.2, 0.25) is 0 Å². The zero-order valence-corrected chi connectivity index (χ0v) is 10.4. The molecule has 0 radical (unpaired) electrons. The third-order valence-electron chi connectivity index (χ3n) is 2.76. The van der Waals surface area contributed by atoms with Crippen LogP contribution < -0.4 is 0 Å². The number of hydrogen-bond donors (Lipinski definition) is 0.